The van der Waals surface area contributed by atoms with E-state index in [1.165, 1.54) is 13.0 Å². The second kappa shape index (κ2) is 6.44. The van der Waals surface area contributed by atoms with Gasteiger partial charge in [-0.05, 0) is 45.6 Å². The fourth-order valence-electron chi connectivity index (χ4n) is 3.44. The molecule has 1 amide bonds. The van der Waals surface area contributed by atoms with Gasteiger partial charge in [-0.15, -0.1) is 0 Å². The molecule has 0 spiro atoms. The van der Waals surface area contributed by atoms with Crippen LogP contribution in [0.15, 0.2) is 0 Å². The molecule has 0 aromatic carbocycles. The fourth-order valence-corrected chi connectivity index (χ4v) is 3.44. The van der Waals surface area contributed by atoms with Gasteiger partial charge in [0, 0.05) is 19.1 Å². The number of hydrogen-bond acceptors (Lipinski definition) is 3. The van der Waals surface area contributed by atoms with Crippen molar-refractivity contribution >= 4 is 5.91 Å². The van der Waals surface area contributed by atoms with Crippen molar-refractivity contribution in [2.75, 3.05) is 19.6 Å². The summed E-state index contributed by atoms with van der Waals surface area (Å²) in [5, 5.41) is 3.48. The minimum Gasteiger partial charge on any atom is -0.326 e. The van der Waals surface area contributed by atoms with Crippen LogP contribution < -0.4 is 5.32 Å². The van der Waals surface area contributed by atoms with Crippen molar-refractivity contribution in [2.45, 2.75) is 65.7 Å². The maximum Gasteiger partial charge on any atom is 0.241 e. The van der Waals surface area contributed by atoms with Crippen LogP contribution in [0.1, 0.15) is 47.5 Å². The molecule has 2 fully saturated rings. The molecule has 4 heteroatoms. The summed E-state index contributed by atoms with van der Waals surface area (Å²) in [5.74, 6) is 1.38. The SMILES string of the molecule is CCC(C)C1NC(C)N(CC2CCN(C(C)C)C2)C1=O. The normalized spacial score (nSPS) is 33.4. The molecular formula is C16H31N3O. The Labute approximate surface area is 123 Å². The zero-order valence-electron chi connectivity index (χ0n) is 13.7. The lowest BCUT2D eigenvalue weighted by Gasteiger charge is -2.25. The van der Waals surface area contributed by atoms with Crippen LogP contribution in [-0.2, 0) is 4.79 Å². The monoisotopic (exact) mass is 281 g/mol. The molecule has 0 aliphatic carbocycles. The Morgan fingerprint density at radius 1 is 1.35 bits per heavy atom. The van der Waals surface area contributed by atoms with Crippen LogP contribution in [0.3, 0.4) is 0 Å². The standard InChI is InChI=1S/C16H31N3O/c1-6-12(4)15-16(20)19(13(5)17-15)10-14-7-8-18(9-14)11(2)3/h11-15,17H,6-10H2,1-5H3. The van der Waals surface area contributed by atoms with Crippen molar-refractivity contribution in [1.82, 2.24) is 15.1 Å². The van der Waals surface area contributed by atoms with Gasteiger partial charge >= 0.3 is 0 Å². The van der Waals surface area contributed by atoms with Gasteiger partial charge in [0.15, 0.2) is 0 Å². The van der Waals surface area contributed by atoms with Crippen LogP contribution in [-0.4, -0.2) is 53.6 Å². The van der Waals surface area contributed by atoms with Gasteiger partial charge in [-0.2, -0.15) is 0 Å². The second-order valence-electron chi connectivity index (χ2n) is 6.94. The van der Waals surface area contributed by atoms with Crippen LogP contribution in [0, 0.1) is 11.8 Å². The Morgan fingerprint density at radius 2 is 2.05 bits per heavy atom. The first-order valence-corrected chi connectivity index (χ1v) is 8.24. The maximum atomic E-state index is 12.6. The molecule has 0 bridgehead atoms. The highest BCUT2D eigenvalue weighted by Gasteiger charge is 2.40. The second-order valence-corrected chi connectivity index (χ2v) is 6.94. The van der Waals surface area contributed by atoms with E-state index in [0.29, 0.717) is 23.8 Å². The predicted molar refractivity (Wildman–Crippen MR) is 82.4 cm³/mol. The van der Waals surface area contributed by atoms with E-state index >= 15 is 0 Å². The summed E-state index contributed by atoms with van der Waals surface area (Å²) in [6.07, 6.45) is 2.46. The van der Waals surface area contributed by atoms with E-state index in [1.54, 1.807) is 0 Å². The van der Waals surface area contributed by atoms with E-state index in [1.807, 2.05) is 0 Å². The van der Waals surface area contributed by atoms with Crippen LogP contribution in [0.5, 0.6) is 0 Å². The number of hydrogen-bond donors (Lipinski definition) is 1. The summed E-state index contributed by atoms with van der Waals surface area (Å²) in [5.41, 5.74) is 0. The molecule has 2 aliphatic heterocycles. The highest BCUT2D eigenvalue weighted by Crippen LogP contribution is 2.24. The van der Waals surface area contributed by atoms with E-state index in [2.05, 4.69) is 49.7 Å². The molecule has 0 saturated carbocycles. The molecule has 2 saturated heterocycles. The van der Waals surface area contributed by atoms with Gasteiger partial charge in [0.2, 0.25) is 5.91 Å². The van der Waals surface area contributed by atoms with Crippen LogP contribution in [0.4, 0.5) is 0 Å². The number of amides is 1. The van der Waals surface area contributed by atoms with Crippen LogP contribution >= 0.6 is 0 Å². The summed E-state index contributed by atoms with van der Waals surface area (Å²) in [7, 11) is 0. The Hall–Kier alpha value is -0.610. The summed E-state index contributed by atoms with van der Waals surface area (Å²) >= 11 is 0. The molecule has 2 rings (SSSR count). The molecule has 4 unspecified atom stereocenters. The quantitative estimate of drug-likeness (QED) is 0.836. The van der Waals surface area contributed by atoms with Crippen LogP contribution in [0.25, 0.3) is 0 Å². The van der Waals surface area contributed by atoms with Crippen molar-refractivity contribution in [3.05, 3.63) is 0 Å². The van der Waals surface area contributed by atoms with E-state index in [9.17, 15) is 4.79 Å². The average Bonchev–Trinajstić information content (AvgIpc) is 2.98. The highest BCUT2D eigenvalue weighted by molar-refractivity contribution is 5.84. The average molecular weight is 281 g/mol. The van der Waals surface area contributed by atoms with E-state index in [-0.39, 0.29) is 12.2 Å². The number of carbonyl (C=O) groups excluding carboxylic acids is 1. The molecule has 116 valence electrons. The topological polar surface area (TPSA) is 35.6 Å². The van der Waals surface area contributed by atoms with Gasteiger partial charge in [0.1, 0.15) is 0 Å². The molecule has 0 aromatic heterocycles. The van der Waals surface area contributed by atoms with Crippen molar-refractivity contribution in [1.29, 1.82) is 0 Å². The van der Waals surface area contributed by atoms with Gasteiger partial charge in [0.05, 0.1) is 12.2 Å². The molecule has 1 N–H and O–H groups in total. The number of likely N-dealkylation sites (tertiary alicyclic amines) is 1. The predicted octanol–water partition coefficient (Wildman–Crippen LogP) is 1.91. The third kappa shape index (κ3) is 3.17. The Kier molecular flexibility index (Phi) is 5.08. The Morgan fingerprint density at radius 3 is 2.60 bits per heavy atom. The third-order valence-electron chi connectivity index (χ3n) is 5.15. The van der Waals surface area contributed by atoms with Gasteiger partial charge in [-0.3, -0.25) is 10.1 Å². The summed E-state index contributed by atoms with van der Waals surface area (Å²) in [6.45, 7) is 14.2. The molecule has 2 aliphatic rings. The minimum absolute atomic E-state index is 0.0256. The molecule has 4 nitrogen and oxygen atoms in total. The summed E-state index contributed by atoms with van der Waals surface area (Å²) < 4.78 is 0. The highest BCUT2D eigenvalue weighted by atomic mass is 16.2. The Bertz CT molecular complexity index is 345. The van der Waals surface area contributed by atoms with Gasteiger partial charge in [-0.25, -0.2) is 0 Å². The Balaban J connectivity index is 1.92. The third-order valence-corrected chi connectivity index (χ3v) is 5.15. The molecule has 20 heavy (non-hydrogen) atoms. The van der Waals surface area contributed by atoms with Crippen molar-refractivity contribution in [2.24, 2.45) is 11.8 Å². The van der Waals surface area contributed by atoms with Gasteiger partial charge in [0.25, 0.3) is 0 Å². The number of rotatable bonds is 5. The van der Waals surface area contributed by atoms with Crippen molar-refractivity contribution in [3.8, 4) is 0 Å². The first-order chi connectivity index (χ1) is 9.43. The zero-order chi connectivity index (χ0) is 14.9. The smallest absolute Gasteiger partial charge is 0.241 e. The first kappa shape index (κ1) is 15.8. The van der Waals surface area contributed by atoms with Crippen molar-refractivity contribution in [3.63, 3.8) is 0 Å². The van der Waals surface area contributed by atoms with Gasteiger partial charge in [-0.1, -0.05) is 20.3 Å². The van der Waals surface area contributed by atoms with Gasteiger partial charge < -0.3 is 9.80 Å². The van der Waals surface area contributed by atoms with E-state index in [0.717, 1.165) is 19.5 Å². The molecule has 4 atom stereocenters. The fraction of sp³-hybridized carbons (Fsp3) is 0.938. The molecule has 0 aromatic rings. The van der Waals surface area contributed by atoms with E-state index < -0.39 is 0 Å². The lowest BCUT2D eigenvalue weighted by molar-refractivity contribution is -0.131. The molecular weight excluding hydrogens is 250 g/mol. The van der Waals surface area contributed by atoms with E-state index in [4.69, 9.17) is 0 Å². The molecule has 0 radical (unpaired) electrons. The van der Waals surface area contributed by atoms with Crippen molar-refractivity contribution < 1.29 is 4.79 Å². The largest absolute Gasteiger partial charge is 0.326 e. The minimum atomic E-state index is 0.0256. The summed E-state index contributed by atoms with van der Waals surface area (Å²) in [6, 6.07) is 0.648. The lowest BCUT2D eigenvalue weighted by atomic mass is 9.99. The maximum absolute atomic E-state index is 12.6. The summed E-state index contributed by atoms with van der Waals surface area (Å²) in [4.78, 5) is 17.2. The first-order valence-electron chi connectivity index (χ1n) is 8.24. The molecule has 2 heterocycles. The number of nitrogens with zero attached hydrogens (tertiary/aromatic N) is 2. The number of carbonyl (C=O) groups is 1. The zero-order valence-corrected chi connectivity index (χ0v) is 13.7. The lowest BCUT2D eigenvalue weighted by Crippen LogP contribution is -2.39. The number of nitrogens with one attached hydrogen (secondary N) is 1. The van der Waals surface area contributed by atoms with Crippen LogP contribution in [0.2, 0.25) is 0 Å².